The van der Waals surface area contributed by atoms with Gasteiger partial charge in [0.15, 0.2) is 6.04 Å². The minimum absolute atomic E-state index is 0.159. The molecule has 0 spiro atoms. The van der Waals surface area contributed by atoms with Gasteiger partial charge in [0.1, 0.15) is 0 Å². The van der Waals surface area contributed by atoms with Crippen molar-refractivity contribution in [3.8, 4) is 0 Å². The molecule has 0 saturated carbocycles. The lowest BCUT2D eigenvalue weighted by Gasteiger charge is -2.35. The first kappa shape index (κ1) is 13.4. The number of nitrogens with zero attached hydrogens (tertiary/aromatic N) is 1. The van der Waals surface area contributed by atoms with Crippen LogP contribution in [-0.4, -0.2) is 42.8 Å². The predicted octanol–water partition coefficient (Wildman–Crippen LogP) is 0.384. The molecule has 1 fully saturated rings. The number of benzene rings is 1. The van der Waals surface area contributed by atoms with Gasteiger partial charge in [-0.3, -0.25) is 4.79 Å². The van der Waals surface area contributed by atoms with E-state index in [2.05, 4.69) is 0 Å². The molecular weight excluding hydrogens is 248 g/mol. The van der Waals surface area contributed by atoms with Gasteiger partial charge in [0.05, 0.1) is 13.2 Å². The third-order valence-corrected chi connectivity index (χ3v) is 3.22. The number of rotatable bonds is 3. The molecule has 1 saturated heterocycles. The molecule has 1 amide bonds. The number of morpholine rings is 1. The molecule has 0 radical (unpaired) electrons. The second-order valence-corrected chi connectivity index (χ2v) is 4.49. The summed E-state index contributed by atoms with van der Waals surface area (Å²) >= 11 is 0. The Balaban J connectivity index is 2.32. The molecule has 3 N–H and O–H groups in total. The van der Waals surface area contributed by atoms with Crippen molar-refractivity contribution in [3.05, 3.63) is 29.3 Å². The fourth-order valence-electron chi connectivity index (χ4n) is 2.22. The number of hydrogen-bond donors (Lipinski definition) is 2. The standard InChI is InChI=1S/C13H16N2O4/c1-8-6-9(2-3-10(8)12(14)16)15-4-5-19-7-11(15)13(17)18/h2-3,6,11H,4-5,7H2,1H3,(H2,14,16)(H,17,18). The summed E-state index contributed by atoms with van der Waals surface area (Å²) in [4.78, 5) is 24.1. The van der Waals surface area contributed by atoms with Crippen molar-refractivity contribution < 1.29 is 19.4 Å². The molecule has 2 rings (SSSR count). The predicted molar refractivity (Wildman–Crippen MR) is 69.3 cm³/mol. The van der Waals surface area contributed by atoms with E-state index in [9.17, 15) is 14.7 Å². The number of carboxylic acid groups (broad SMARTS) is 1. The highest BCUT2D eigenvalue weighted by molar-refractivity contribution is 5.94. The van der Waals surface area contributed by atoms with Gasteiger partial charge in [0, 0.05) is 17.8 Å². The Morgan fingerprint density at radius 1 is 1.47 bits per heavy atom. The molecule has 0 aliphatic carbocycles. The van der Waals surface area contributed by atoms with Crippen LogP contribution >= 0.6 is 0 Å². The number of carbonyl (C=O) groups is 2. The maximum absolute atomic E-state index is 11.2. The van der Waals surface area contributed by atoms with E-state index in [4.69, 9.17) is 10.5 Å². The van der Waals surface area contributed by atoms with Crippen LogP contribution in [0.5, 0.6) is 0 Å². The molecule has 1 unspecified atom stereocenters. The molecule has 0 bridgehead atoms. The number of carbonyl (C=O) groups excluding carboxylic acids is 1. The summed E-state index contributed by atoms with van der Waals surface area (Å²) in [6, 6.07) is 4.42. The van der Waals surface area contributed by atoms with Crippen LogP contribution in [0.15, 0.2) is 18.2 Å². The maximum Gasteiger partial charge on any atom is 0.328 e. The molecule has 1 aromatic carbocycles. The zero-order chi connectivity index (χ0) is 14.0. The zero-order valence-corrected chi connectivity index (χ0v) is 10.6. The van der Waals surface area contributed by atoms with Gasteiger partial charge in [-0.1, -0.05) is 0 Å². The van der Waals surface area contributed by atoms with Crippen LogP contribution in [0, 0.1) is 6.92 Å². The number of nitrogens with two attached hydrogens (primary N) is 1. The summed E-state index contributed by atoms with van der Waals surface area (Å²) in [6.07, 6.45) is 0. The third-order valence-electron chi connectivity index (χ3n) is 3.22. The van der Waals surface area contributed by atoms with Crippen LogP contribution in [-0.2, 0) is 9.53 Å². The summed E-state index contributed by atoms with van der Waals surface area (Å²) in [6.45, 7) is 2.93. The lowest BCUT2D eigenvalue weighted by Crippen LogP contribution is -2.50. The molecule has 1 aromatic rings. The number of ether oxygens (including phenoxy) is 1. The maximum atomic E-state index is 11.2. The smallest absolute Gasteiger partial charge is 0.328 e. The average molecular weight is 264 g/mol. The summed E-state index contributed by atoms with van der Waals surface area (Å²) < 4.78 is 5.19. The van der Waals surface area contributed by atoms with Gasteiger partial charge < -0.3 is 20.5 Å². The van der Waals surface area contributed by atoms with Crippen molar-refractivity contribution in [2.45, 2.75) is 13.0 Å². The topological polar surface area (TPSA) is 92.9 Å². The Kier molecular flexibility index (Phi) is 3.71. The van der Waals surface area contributed by atoms with Crippen LogP contribution in [0.2, 0.25) is 0 Å². The zero-order valence-electron chi connectivity index (χ0n) is 10.6. The largest absolute Gasteiger partial charge is 0.480 e. The number of amides is 1. The molecule has 19 heavy (non-hydrogen) atoms. The summed E-state index contributed by atoms with van der Waals surface area (Å²) in [7, 11) is 0. The van der Waals surface area contributed by atoms with Crippen molar-refractivity contribution in [2.75, 3.05) is 24.7 Å². The fourth-order valence-corrected chi connectivity index (χ4v) is 2.22. The minimum Gasteiger partial charge on any atom is -0.480 e. The van der Waals surface area contributed by atoms with E-state index in [1.165, 1.54) is 0 Å². The lowest BCUT2D eigenvalue weighted by molar-refractivity contribution is -0.141. The number of carboxylic acids is 1. The first-order valence-corrected chi connectivity index (χ1v) is 5.98. The van der Waals surface area contributed by atoms with Crippen molar-refractivity contribution in [2.24, 2.45) is 5.73 Å². The lowest BCUT2D eigenvalue weighted by atomic mass is 10.1. The molecule has 6 heteroatoms. The SMILES string of the molecule is Cc1cc(N2CCOCC2C(=O)O)ccc1C(N)=O. The first-order chi connectivity index (χ1) is 9.00. The summed E-state index contributed by atoms with van der Waals surface area (Å²) in [5.74, 6) is -1.41. The monoisotopic (exact) mass is 264 g/mol. The Labute approximate surface area is 110 Å². The quantitative estimate of drug-likeness (QED) is 0.823. The first-order valence-electron chi connectivity index (χ1n) is 5.98. The minimum atomic E-state index is -0.920. The van der Waals surface area contributed by atoms with Gasteiger partial charge in [-0.2, -0.15) is 0 Å². The summed E-state index contributed by atoms with van der Waals surface area (Å²) in [5.41, 5.74) is 7.20. The second-order valence-electron chi connectivity index (χ2n) is 4.49. The van der Waals surface area contributed by atoms with Gasteiger partial charge in [0.25, 0.3) is 0 Å². The average Bonchev–Trinajstić information content (AvgIpc) is 2.38. The normalized spacial score (nSPS) is 19.2. The third kappa shape index (κ3) is 2.68. The number of aryl methyl sites for hydroxylation is 1. The van der Waals surface area contributed by atoms with Crippen molar-refractivity contribution in [1.29, 1.82) is 0 Å². The Hall–Kier alpha value is -2.08. The molecule has 0 aromatic heterocycles. The molecule has 1 aliphatic heterocycles. The van der Waals surface area contributed by atoms with Crippen LogP contribution < -0.4 is 10.6 Å². The van der Waals surface area contributed by atoms with Crippen LogP contribution in [0.25, 0.3) is 0 Å². The van der Waals surface area contributed by atoms with E-state index in [-0.39, 0.29) is 6.61 Å². The van der Waals surface area contributed by atoms with Crippen LogP contribution in [0.1, 0.15) is 15.9 Å². The van der Waals surface area contributed by atoms with E-state index in [1.54, 1.807) is 30.0 Å². The highest BCUT2D eigenvalue weighted by Gasteiger charge is 2.29. The van der Waals surface area contributed by atoms with Crippen molar-refractivity contribution in [3.63, 3.8) is 0 Å². The Morgan fingerprint density at radius 3 is 2.79 bits per heavy atom. The van der Waals surface area contributed by atoms with E-state index >= 15 is 0 Å². The van der Waals surface area contributed by atoms with Crippen LogP contribution in [0.3, 0.4) is 0 Å². The van der Waals surface area contributed by atoms with Gasteiger partial charge in [-0.05, 0) is 30.7 Å². The highest BCUT2D eigenvalue weighted by Crippen LogP contribution is 2.23. The number of primary amides is 1. The molecule has 6 nitrogen and oxygen atoms in total. The highest BCUT2D eigenvalue weighted by atomic mass is 16.5. The van der Waals surface area contributed by atoms with Gasteiger partial charge in [-0.15, -0.1) is 0 Å². The van der Waals surface area contributed by atoms with Crippen molar-refractivity contribution in [1.82, 2.24) is 0 Å². The van der Waals surface area contributed by atoms with Gasteiger partial charge in [0.2, 0.25) is 5.91 Å². The number of anilines is 1. The fraction of sp³-hybridized carbons (Fsp3) is 0.385. The van der Waals surface area contributed by atoms with Gasteiger partial charge >= 0.3 is 5.97 Å². The van der Waals surface area contributed by atoms with Crippen molar-refractivity contribution >= 4 is 17.6 Å². The van der Waals surface area contributed by atoms with E-state index in [0.717, 1.165) is 11.3 Å². The molecule has 1 aliphatic rings. The summed E-state index contributed by atoms with van der Waals surface area (Å²) in [5, 5.41) is 9.19. The molecular formula is C13H16N2O4. The molecule has 1 heterocycles. The number of aliphatic carboxylic acids is 1. The Bertz CT molecular complexity index is 515. The van der Waals surface area contributed by atoms with E-state index in [0.29, 0.717) is 18.7 Å². The Morgan fingerprint density at radius 2 is 2.21 bits per heavy atom. The van der Waals surface area contributed by atoms with Gasteiger partial charge in [-0.25, -0.2) is 4.79 Å². The molecule has 1 atom stereocenters. The van der Waals surface area contributed by atoms with E-state index in [1.807, 2.05) is 0 Å². The molecule has 102 valence electrons. The second kappa shape index (κ2) is 5.27. The number of hydrogen-bond acceptors (Lipinski definition) is 4. The van der Waals surface area contributed by atoms with Crippen LogP contribution in [0.4, 0.5) is 5.69 Å². The van der Waals surface area contributed by atoms with E-state index < -0.39 is 17.9 Å².